The molecule has 6 nitrogen and oxygen atoms in total. The fourth-order valence-electron chi connectivity index (χ4n) is 2.20. The molecule has 2 N–H and O–H groups in total. The van der Waals surface area contributed by atoms with Gasteiger partial charge in [0.1, 0.15) is 5.75 Å². The van der Waals surface area contributed by atoms with Crippen LogP contribution >= 0.6 is 24.0 Å². The van der Waals surface area contributed by atoms with E-state index < -0.39 is 0 Å². The van der Waals surface area contributed by atoms with Gasteiger partial charge in [0.15, 0.2) is 5.96 Å². The Morgan fingerprint density at radius 3 is 2.64 bits per heavy atom. The monoisotopic (exact) mass is 456 g/mol. The van der Waals surface area contributed by atoms with E-state index in [0.717, 1.165) is 29.4 Å². The van der Waals surface area contributed by atoms with Gasteiger partial charge in [-0.25, -0.2) is 9.98 Å². The average molecular weight is 456 g/mol. The Labute approximate surface area is 166 Å². The molecule has 0 aliphatic carbocycles. The van der Waals surface area contributed by atoms with Crippen LogP contribution in [-0.2, 0) is 13.1 Å². The highest BCUT2D eigenvalue weighted by Crippen LogP contribution is 2.16. The van der Waals surface area contributed by atoms with Crippen LogP contribution in [0, 0.1) is 0 Å². The minimum Gasteiger partial charge on any atom is -0.496 e. The molecule has 1 aromatic carbocycles. The first-order valence-corrected chi connectivity index (χ1v) is 7.89. The molecule has 0 radical (unpaired) electrons. The highest BCUT2D eigenvalue weighted by molar-refractivity contribution is 14.0. The van der Waals surface area contributed by atoms with Gasteiger partial charge in [-0.2, -0.15) is 0 Å². The maximum absolute atomic E-state index is 5.37. The standard InChI is InChI=1S/C18H24N4O2.HI/c1-4-19-18(21-12-14-9-10-20-17(11-14)24-3)22-13-15-7-5-6-8-16(15)23-2;/h5-11H,4,12-13H2,1-3H3,(H2,19,21,22);1H. The van der Waals surface area contributed by atoms with E-state index in [4.69, 9.17) is 9.47 Å². The second-order valence-electron chi connectivity index (χ2n) is 5.07. The van der Waals surface area contributed by atoms with Gasteiger partial charge in [-0.3, -0.25) is 0 Å². The van der Waals surface area contributed by atoms with Crippen molar-refractivity contribution in [2.24, 2.45) is 4.99 Å². The van der Waals surface area contributed by atoms with Gasteiger partial charge in [-0.05, 0) is 24.6 Å². The molecule has 0 amide bonds. The molecule has 0 saturated heterocycles. The minimum absolute atomic E-state index is 0. The molecule has 0 unspecified atom stereocenters. The molecule has 2 rings (SSSR count). The summed E-state index contributed by atoms with van der Waals surface area (Å²) in [7, 11) is 3.28. The lowest BCUT2D eigenvalue weighted by molar-refractivity contribution is 0.397. The number of hydrogen-bond acceptors (Lipinski definition) is 4. The number of halogens is 1. The van der Waals surface area contributed by atoms with Gasteiger partial charge in [0.2, 0.25) is 5.88 Å². The van der Waals surface area contributed by atoms with Crippen LogP contribution in [0.15, 0.2) is 47.6 Å². The predicted octanol–water partition coefficient (Wildman–Crippen LogP) is 2.97. The van der Waals surface area contributed by atoms with Crippen molar-refractivity contribution in [2.45, 2.75) is 20.0 Å². The third kappa shape index (κ3) is 6.77. The molecule has 1 heterocycles. The van der Waals surface area contributed by atoms with Crippen molar-refractivity contribution in [2.75, 3.05) is 20.8 Å². The Morgan fingerprint density at radius 2 is 1.92 bits per heavy atom. The van der Waals surface area contributed by atoms with Crippen LogP contribution in [0.3, 0.4) is 0 Å². The van der Waals surface area contributed by atoms with E-state index in [1.165, 1.54) is 0 Å². The zero-order valence-corrected chi connectivity index (χ0v) is 17.1. The number of methoxy groups -OCH3 is 2. The number of benzene rings is 1. The molecule has 25 heavy (non-hydrogen) atoms. The summed E-state index contributed by atoms with van der Waals surface area (Å²) in [5.41, 5.74) is 2.12. The Balaban J connectivity index is 0.00000312. The Morgan fingerprint density at radius 1 is 1.12 bits per heavy atom. The number of aliphatic imine (C=N–C) groups is 1. The summed E-state index contributed by atoms with van der Waals surface area (Å²) in [5, 5.41) is 6.56. The third-order valence-corrected chi connectivity index (χ3v) is 3.41. The molecule has 136 valence electrons. The largest absolute Gasteiger partial charge is 0.496 e. The first-order chi connectivity index (χ1) is 11.8. The summed E-state index contributed by atoms with van der Waals surface area (Å²) in [4.78, 5) is 8.70. The summed E-state index contributed by atoms with van der Waals surface area (Å²) in [6.45, 7) is 4.00. The van der Waals surface area contributed by atoms with Crippen LogP contribution in [0.25, 0.3) is 0 Å². The number of hydrogen-bond donors (Lipinski definition) is 2. The van der Waals surface area contributed by atoms with Crippen molar-refractivity contribution in [3.8, 4) is 11.6 Å². The van der Waals surface area contributed by atoms with Crippen LogP contribution < -0.4 is 20.1 Å². The number of aromatic nitrogens is 1. The fourth-order valence-corrected chi connectivity index (χ4v) is 2.20. The van der Waals surface area contributed by atoms with Crippen LogP contribution in [0.2, 0.25) is 0 Å². The number of nitrogens with one attached hydrogen (secondary N) is 2. The quantitative estimate of drug-likeness (QED) is 0.381. The molecular weight excluding hydrogens is 431 g/mol. The van der Waals surface area contributed by atoms with Crippen molar-refractivity contribution >= 4 is 29.9 Å². The zero-order valence-electron chi connectivity index (χ0n) is 14.8. The Hall–Kier alpha value is -2.03. The van der Waals surface area contributed by atoms with Crippen molar-refractivity contribution in [3.05, 3.63) is 53.7 Å². The summed E-state index contributed by atoms with van der Waals surface area (Å²) in [6.07, 6.45) is 1.72. The van der Waals surface area contributed by atoms with E-state index in [1.54, 1.807) is 20.4 Å². The molecule has 0 atom stereocenters. The number of ether oxygens (including phenoxy) is 2. The van der Waals surface area contributed by atoms with E-state index in [1.807, 2.05) is 43.3 Å². The van der Waals surface area contributed by atoms with Crippen LogP contribution in [0.1, 0.15) is 18.1 Å². The maximum Gasteiger partial charge on any atom is 0.213 e. The van der Waals surface area contributed by atoms with Crippen molar-refractivity contribution in [1.82, 2.24) is 15.6 Å². The van der Waals surface area contributed by atoms with Gasteiger partial charge in [-0.1, -0.05) is 18.2 Å². The normalized spacial score (nSPS) is 10.6. The summed E-state index contributed by atoms with van der Waals surface area (Å²) in [5.74, 6) is 2.20. The summed E-state index contributed by atoms with van der Waals surface area (Å²) in [6, 6.07) is 11.7. The highest BCUT2D eigenvalue weighted by atomic mass is 127. The smallest absolute Gasteiger partial charge is 0.213 e. The summed E-state index contributed by atoms with van der Waals surface area (Å²) < 4.78 is 10.5. The Bertz CT molecular complexity index is 680. The van der Waals surface area contributed by atoms with Crippen molar-refractivity contribution < 1.29 is 9.47 Å². The van der Waals surface area contributed by atoms with E-state index in [-0.39, 0.29) is 24.0 Å². The van der Waals surface area contributed by atoms with Gasteiger partial charge >= 0.3 is 0 Å². The van der Waals surface area contributed by atoms with E-state index in [0.29, 0.717) is 19.0 Å². The third-order valence-electron chi connectivity index (χ3n) is 3.41. The fraction of sp³-hybridized carbons (Fsp3) is 0.333. The molecule has 1 aromatic heterocycles. The number of pyridine rings is 1. The van der Waals surface area contributed by atoms with Gasteiger partial charge < -0.3 is 20.1 Å². The van der Waals surface area contributed by atoms with Crippen molar-refractivity contribution in [3.63, 3.8) is 0 Å². The lowest BCUT2D eigenvalue weighted by Crippen LogP contribution is -2.36. The highest BCUT2D eigenvalue weighted by Gasteiger charge is 2.04. The number of para-hydroxylation sites is 1. The van der Waals surface area contributed by atoms with Gasteiger partial charge in [0, 0.05) is 30.9 Å². The van der Waals surface area contributed by atoms with Gasteiger partial charge in [0.25, 0.3) is 0 Å². The van der Waals surface area contributed by atoms with Crippen LogP contribution in [0.4, 0.5) is 0 Å². The van der Waals surface area contributed by atoms with E-state index in [9.17, 15) is 0 Å². The second kappa shape index (κ2) is 11.5. The molecule has 0 spiro atoms. The average Bonchev–Trinajstić information content (AvgIpc) is 2.64. The predicted molar refractivity (Wildman–Crippen MR) is 111 cm³/mol. The topological polar surface area (TPSA) is 67.8 Å². The molecule has 0 bridgehead atoms. The second-order valence-corrected chi connectivity index (χ2v) is 5.07. The van der Waals surface area contributed by atoms with Crippen molar-refractivity contribution in [1.29, 1.82) is 0 Å². The SMILES string of the molecule is CCNC(=NCc1ccnc(OC)c1)NCc1ccccc1OC.I. The molecule has 0 aliphatic rings. The molecule has 0 fully saturated rings. The Kier molecular flexibility index (Phi) is 9.68. The molecule has 0 aliphatic heterocycles. The molecule has 7 heteroatoms. The minimum atomic E-state index is 0. The number of rotatable bonds is 7. The van der Waals surface area contributed by atoms with Gasteiger partial charge in [0.05, 0.1) is 20.8 Å². The summed E-state index contributed by atoms with van der Waals surface area (Å²) >= 11 is 0. The molecule has 0 saturated carbocycles. The lowest BCUT2D eigenvalue weighted by atomic mass is 10.2. The zero-order chi connectivity index (χ0) is 17.2. The van der Waals surface area contributed by atoms with Gasteiger partial charge in [-0.15, -0.1) is 24.0 Å². The maximum atomic E-state index is 5.37. The number of nitrogens with zero attached hydrogens (tertiary/aromatic N) is 2. The van der Waals surface area contributed by atoms with Crippen LogP contribution in [-0.4, -0.2) is 31.7 Å². The molecule has 2 aromatic rings. The lowest BCUT2D eigenvalue weighted by Gasteiger charge is -2.13. The van der Waals surface area contributed by atoms with E-state index in [2.05, 4.69) is 20.6 Å². The number of guanidine groups is 1. The first-order valence-electron chi connectivity index (χ1n) is 7.89. The van der Waals surface area contributed by atoms with E-state index >= 15 is 0 Å². The first kappa shape index (κ1) is 21.0. The van der Waals surface area contributed by atoms with Crippen LogP contribution in [0.5, 0.6) is 11.6 Å². The molecular formula is C18H25IN4O2.